The topological polar surface area (TPSA) is 30.2 Å². The van der Waals surface area contributed by atoms with Gasteiger partial charge in [0.15, 0.2) is 12.7 Å². The van der Waals surface area contributed by atoms with Gasteiger partial charge in [0.2, 0.25) is 0 Å². The van der Waals surface area contributed by atoms with Crippen LogP contribution >= 0.6 is 0 Å². The molecule has 0 aliphatic carbocycles. The number of pyridine rings is 1. The first kappa shape index (κ1) is 30.4. The Hall–Kier alpha value is -1.64. The zero-order chi connectivity index (χ0) is 24.7. The fourth-order valence-corrected chi connectivity index (χ4v) is 4.65. The maximum absolute atomic E-state index is 11.6. The average Bonchev–Trinajstić information content (AvgIpc) is 2.84. The van der Waals surface area contributed by atoms with Crippen molar-refractivity contribution in [1.29, 1.82) is 0 Å². The SMILES string of the molecule is C=CC(=O)Oc1c(C)ccc[n+]1CCCCCCCCCCCCCCCCCCCCCC. The van der Waals surface area contributed by atoms with Gasteiger partial charge in [0.1, 0.15) is 0 Å². The number of aryl methyl sites for hydroxylation is 2. The van der Waals surface area contributed by atoms with Crippen LogP contribution in [0, 0.1) is 6.92 Å². The summed E-state index contributed by atoms with van der Waals surface area (Å²) in [7, 11) is 0. The van der Waals surface area contributed by atoms with E-state index in [0.717, 1.165) is 18.5 Å². The van der Waals surface area contributed by atoms with Crippen molar-refractivity contribution in [2.75, 3.05) is 0 Å². The molecule has 0 N–H and O–H groups in total. The van der Waals surface area contributed by atoms with E-state index < -0.39 is 5.97 Å². The number of ether oxygens (including phenoxy) is 1. The minimum Gasteiger partial charge on any atom is -0.367 e. The van der Waals surface area contributed by atoms with Crippen molar-refractivity contribution >= 4 is 5.97 Å². The molecule has 0 atom stereocenters. The van der Waals surface area contributed by atoms with E-state index in [2.05, 4.69) is 13.5 Å². The van der Waals surface area contributed by atoms with Crippen LogP contribution in [0.2, 0.25) is 0 Å². The summed E-state index contributed by atoms with van der Waals surface area (Å²) in [4.78, 5) is 11.6. The number of carbonyl (C=O) groups excluding carboxylic acids is 1. The minimum atomic E-state index is -0.397. The van der Waals surface area contributed by atoms with Gasteiger partial charge in [-0.05, 0) is 19.4 Å². The van der Waals surface area contributed by atoms with Crippen molar-refractivity contribution in [3.05, 3.63) is 36.5 Å². The maximum Gasteiger partial charge on any atom is 0.378 e. The first-order chi connectivity index (χ1) is 16.7. The molecule has 0 saturated carbocycles. The Kier molecular flexibility index (Phi) is 19.5. The second-order valence-electron chi connectivity index (χ2n) is 10.0. The fourth-order valence-electron chi connectivity index (χ4n) is 4.65. The van der Waals surface area contributed by atoms with Gasteiger partial charge in [0.05, 0.1) is 5.56 Å². The van der Waals surface area contributed by atoms with Crippen molar-refractivity contribution in [3.63, 3.8) is 0 Å². The van der Waals surface area contributed by atoms with Crippen LogP contribution in [0.15, 0.2) is 31.0 Å². The predicted molar refractivity (Wildman–Crippen MR) is 145 cm³/mol. The Morgan fingerprint density at radius 1 is 0.765 bits per heavy atom. The first-order valence-electron chi connectivity index (χ1n) is 14.5. The summed E-state index contributed by atoms with van der Waals surface area (Å²) in [6.45, 7) is 8.64. The molecule has 0 fully saturated rings. The van der Waals surface area contributed by atoms with Gasteiger partial charge in [-0.3, -0.25) is 0 Å². The first-order valence-corrected chi connectivity index (χ1v) is 14.5. The molecule has 0 saturated heterocycles. The fraction of sp³-hybridized carbons (Fsp3) is 0.742. The van der Waals surface area contributed by atoms with Crippen molar-refractivity contribution < 1.29 is 14.1 Å². The third-order valence-corrected chi connectivity index (χ3v) is 6.83. The normalized spacial score (nSPS) is 11.0. The van der Waals surface area contributed by atoms with Crippen LogP contribution < -0.4 is 9.30 Å². The lowest BCUT2D eigenvalue weighted by Crippen LogP contribution is -2.37. The van der Waals surface area contributed by atoms with Crippen LogP contribution in [0.4, 0.5) is 0 Å². The number of nitrogens with zero attached hydrogens (tertiary/aromatic N) is 1. The van der Waals surface area contributed by atoms with Gasteiger partial charge < -0.3 is 4.74 Å². The van der Waals surface area contributed by atoms with Crippen molar-refractivity contribution in [3.8, 4) is 5.88 Å². The molecule has 0 aliphatic rings. The van der Waals surface area contributed by atoms with E-state index in [1.54, 1.807) is 0 Å². The van der Waals surface area contributed by atoms with E-state index in [-0.39, 0.29) is 0 Å². The Balaban J connectivity index is 1.89. The van der Waals surface area contributed by atoms with Crippen molar-refractivity contribution in [1.82, 2.24) is 0 Å². The second kappa shape index (κ2) is 21.9. The van der Waals surface area contributed by atoms with Gasteiger partial charge >= 0.3 is 11.8 Å². The standard InChI is InChI=1S/C31H54NO2/c1-4-6-7-8-9-10-11-12-13-14-15-16-17-18-19-20-21-22-23-24-27-32-28-25-26-29(3)31(32)34-30(33)5-2/h5,25-26,28H,2,4,6-24,27H2,1,3H3/q+1. The third-order valence-electron chi connectivity index (χ3n) is 6.83. The molecule has 0 bridgehead atoms. The molecule has 0 radical (unpaired) electrons. The molecule has 1 heterocycles. The largest absolute Gasteiger partial charge is 0.378 e. The monoisotopic (exact) mass is 472 g/mol. The zero-order valence-electron chi connectivity index (χ0n) is 22.6. The number of hydrogen-bond acceptors (Lipinski definition) is 2. The highest BCUT2D eigenvalue weighted by atomic mass is 16.5. The van der Waals surface area contributed by atoms with Gasteiger partial charge in [-0.2, -0.15) is 4.57 Å². The molecule has 0 spiro atoms. The number of hydrogen-bond donors (Lipinski definition) is 0. The van der Waals surface area contributed by atoms with Gasteiger partial charge in [0.25, 0.3) is 0 Å². The molecule has 1 rings (SSSR count). The molecule has 0 aliphatic heterocycles. The summed E-state index contributed by atoms with van der Waals surface area (Å²) in [5.41, 5.74) is 0.978. The molecule has 0 amide bonds. The van der Waals surface area contributed by atoms with Crippen LogP contribution in [-0.2, 0) is 11.3 Å². The number of rotatable bonds is 23. The Labute approximate surface area is 211 Å². The molecular weight excluding hydrogens is 418 g/mol. The van der Waals surface area contributed by atoms with E-state index in [1.807, 2.05) is 29.8 Å². The highest BCUT2D eigenvalue weighted by Crippen LogP contribution is 2.15. The molecule has 0 aromatic carbocycles. The molecular formula is C31H54NO2+. The Morgan fingerprint density at radius 2 is 1.18 bits per heavy atom. The van der Waals surface area contributed by atoms with Gasteiger partial charge in [-0.15, -0.1) is 0 Å². The molecule has 1 aromatic rings. The summed E-state index contributed by atoms with van der Waals surface area (Å²) in [5, 5.41) is 0. The summed E-state index contributed by atoms with van der Waals surface area (Å²) < 4.78 is 7.47. The number of esters is 1. The Morgan fingerprint density at radius 3 is 1.59 bits per heavy atom. The van der Waals surface area contributed by atoms with Gasteiger partial charge in [-0.1, -0.05) is 129 Å². The van der Waals surface area contributed by atoms with Crippen LogP contribution in [0.1, 0.15) is 141 Å². The van der Waals surface area contributed by atoms with Gasteiger partial charge in [-0.25, -0.2) is 4.79 Å². The van der Waals surface area contributed by atoms with Crippen LogP contribution in [0.25, 0.3) is 0 Å². The quantitative estimate of drug-likeness (QED) is 0.0687. The van der Waals surface area contributed by atoms with Crippen molar-refractivity contribution in [2.45, 2.75) is 149 Å². The molecule has 34 heavy (non-hydrogen) atoms. The van der Waals surface area contributed by atoms with E-state index in [1.165, 1.54) is 128 Å². The average molecular weight is 473 g/mol. The summed E-state index contributed by atoms with van der Waals surface area (Å²) >= 11 is 0. The lowest BCUT2D eigenvalue weighted by molar-refractivity contribution is -0.701. The highest BCUT2D eigenvalue weighted by molar-refractivity contribution is 5.83. The smallest absolute Gasteiger partial charge is 0.367 e. The lowest BCUT2D eigenvalue weighted by Gasteiger charge is -2.06. The minimum absolute atomic E-state index is 0.397. The molecule has 3 heteroatoms. The van der Waals surface area contributed by atoms with Crippen molar-refractivity contribution in [2.24, 2.45) is 0 Å². The second-order valence-corrected chi connectivity index (χ2v) is 10.0. The summed E-state index contributed by atoms with van der Waals surface area (Å²) in [6.07, 6.45) is 31.1. The number of unbranched alkanes of at least 4 members (excludes halogenated alkanes) is 19. The molecule has 1 aromatic heterocycles. The van der Waals surface area contributed by atoms with E-state index in [9.17, 15) is 4.79 Å². The highest BCUT2D eigenvalue weighted by Gasteiger charge is 2.17. The zero-order valence-corrected chi connectivity index (χ0v) is 22.6. The Bertz CT molecular complexity index is 640. The van der Waals surface area contributed by atoms with Crippen LogP contribution in [0.3, 0.4) is 0 Å². The van der Waals surface area contributed by atoms with Crippen LogP contribution in [-0.4, -0.2) is 5.97 Å². The third kappa shape index (κ3) is 16.1. The lowest BCUT2D eigenvalue weighted by atomic mass is 10.0. The molecule has 3 nitrogen and oxygen atoms in total. The summed E-state index contributed by atoms with van der Waals surface area (Å²) in [5.74, 6) is 0.247. The van der Waals surface area contributed by atoms with E-state index in [4.69, 9.17) is 4.74 Å². The summed E-state index contributed by atoms with van der Waals surface area (Å²) in [6, 6.07) is 3.98. The maximum atomic E-state index is 11.6. The van der Waals surface area contributed by atoms with E-state index in [0.29, 0.717) is 5.88 Å². The molecule has 194 valence electrons. The number of carbonyl (C=O) groups is 1. The number of aromatic nitrogens is 1. The van der Waals surface area contributed by atoms with E-state index >= 15 is 0 Å². The predicted octanol–water partition coefficient (Wildman–Crippen LogP) is 9.20. The van der Waals surface area contributed by atoms with Gasteiger partial charge in [0, 0.05) is 18.6 Å². The van der Waals surface area contributed by atoms with Crippen LogP contribution in [0.5, 0.6) is 5.88 Å². The molecule has 0 unspecified atom stereocenters.